The monoisotopic (exact) mass is 388 g/mol. The fraction of sp³-hybridized carbons (Fsp3) is 0.600. The third kappa shape index (κ3) is 4.74. The van der Waals surface area contributed by atoms with Crippen LogP contribution in [-0.2, 0) is 14.8 Å². The van der Waals surface area contributed by atoms with Crippen LogP contribution in [0.2, 0.25) is 0 Å². The summed E-state index contributed by atoms with van der Waals surface area (Å²) in [7, 11) is -3.92. The van der Waals surface area contributed by atoms with Crippen LogP contribution in [0.1, 0.15) is 36.8 Å². The van der Waals surface area contributed by atoms with Gasteiger partial charge in [0.15, 0.2) is 0 Å². The van der Waals surface area contributed by atoms with E-state index in [0.29, 0.717) is 12.1 Å². The van der Waals surface area contributed by atoms with E-state index in [9.17, 15) is 18.0 Å². The molecule has 1 amide bonds. The molecular weight excluding hydrogens is 364 g/mol. The maximum Gasteiger partial charge on any atom is 0.408 e. The van der Waals surface area contributed by atoms with Gasteiger partial charge in [-0.25, -0.2) is 18.0 Å². The zero-order valence-electron chi connectivity index (χ0n) is 15.1. The Labute approximate surface area is 152 Å². The average Bonchev–Trinajstić information content (AvgIpc) is 2.88. The summed E-state index contributed by atoms with van der Waals surface area (Å²) in [6, 6.07) is 1.29. The number of alkyl carbamates (subject to hydrolysis) is 1. The number of nitrogens with one attached hydrogen (secondary N) is 3. The maximum absolute atomic E-state index is 12.8. The minimum Gasteiger partial charge on any atom is -0.477 e. The van der Waals surface area contributed by atoms with Gasteiger partial charge < -0.3 is 20.1 Å². The molecule has 1 aliphatic rings. The van der Waals surface area contributed by atoms with Gasteiger partial charge in [-0.2, -0.15) is 4.31 Å². The summed E-state index contributed by atoms with van der Waals surface area (Å²) < 4.78 is 31.9. The van der Waals surface area contributed by atoms with Crippen molar-refractivity contribution in [2.75, 3.05) is 19.6 Å². The van der Waals surface area contributed by atoms with Gasteiger partial charge in [-0.3, -0.25) is 5.32 Å². The summed E-state index contributed by atoms with van der Waals surface area (Å²) in [5.74, 6) is -1.23. The first kappa shape index (κ1) is 20.2. The number of carboxylic acids is 1. The smallest absolute Gasteiger partial charge is 0.408 e. The standard InChI is InChI=1S/C15H24N4O6S/c1-9-7-11(18-12(9)13(20)21)26(23,24)19-6-5-16-10(8-19)17-14(22)25-15(2,3)4/h7,10,16,18H,5-6,8H2,1-4H3,(H,17,22)(H,20,21)/t10-/m0/s1. The Morgan fingerprint density at radius 1 is 1.38 bits per heavy atom. The number of carbonyl (C=O) groups is 2. The van der Waals surface area contributed by atoms with E-state index in [-0.39, 0.29) is 23.8 Å². The number of ether oxygens (including phenoxy) is 1. The van der Waals surface area contributed by atoms with Gasteiger partial charge in [0.1, 0.15) is 16.3 Å². The minimum absolute atomic E-state index is 0.0119. The van der Waals surface area contributed by atoms with Crippen LogP contribution in [0.25, 0.3) is 0 Å². The van der Waals surface area contributed by atoms with Crippen molar-refractivity contribution in [1.82, 2.24) is 19.9 Å². The van der Waals surface area contributed by atoms with E-state index in [1.807, 2.05) is 0 Å². The Morgan fingerprint density at radius 3 is 2.58 bits per heavy atom. The van der Waals surface area contributed by atoms with E-state index in [1.165, 1.54) is 17.3 Å². The van der Waals surface area contributed by atoms with Gasteiger partial charge in [-0.1, -0.05) is 0 Å². The van der Waals surface area contributed by atoms with Crippen molar-refractivity contribution in [2.45, 2.75) is 44.5 Å². The third-order valence-electron chi connectivity index (χ3n) is 3.65. The molecule has 0 radical (unpaired) electrons. The van der Waals surface area contributed by atoms with Crippen molar-refractivity contribution in [3.63, 3.8) is 0 Å². The van der Waals surface area contributed by atoms with Crippen LogP contribution in [-0.4, -0.2) is 66.3 Å². The molecule has 1 aliphatic heterocycles. The van der Waals surface area contributed by atoms with Gasteiger partial charge in [-0.05, 0) is 39.3 Å². The number of aryl methyl sites for hydroxylation is 1. The molecule has 2 heterocycles. The molecule has 0 unspecified atom stereocenters. The number of rotatable bonds is 4. The van der Waals surface area contributed by atoms with Crippen molar-refractivity contribution >= 4 is 22.1 Å². The zero-order chi connectivity index (χ0) is 19.7. The number of piperazine rings is 1. The highest BCUT2D eigenvalue weighted by Gasteiger charge is 2.33. The number of amides is 1. The van der Waals surface area contributed by atoms with Crippen molar-refractivity contribution in [3.8, 4) is 0 Å². The quantitative estimate of drug-likeness (QED) is 0.587. The van der Waals surface area contributed by atoms with Crippen LogP contribution in [0.15, 0.2) is 11.1 Å². The van der Waals surface area contributed by atoms with Crippen LogP contribution in [0, 0.1) is 6.92 Å². The topological polar surface area (TPSA) is 141 Å². The lowest BCUT2D eigenvalue weighted by Crippen LogP contribution is -2.59. The van der Waals surface area contributed by atoms with Gasteiger partial charge in [-0.15, -0.1) is 0 Å². The first-order valence-corrected chi connectivity index (χ1v) is 9.50. The number of nitrogens with zero attached hydrogens (tertiary/aromatic N) is 1. The number of aromatic nitrogens is 1. The average molecular weight is 388 g/mol. The molecule has 10 nitrogen and oxygen atoms in total. The predicted molar refractivity (Wildman–Crippen MR) is 92.4 cm³/mol. The number of hydrogen-bond acceptors (Lipinski definition) is 6. The molecular formula is C15H24N4O6S. The molecule has 0 saturated carbocycles. The lowest BCUT2D eigenvalue weighted by Gasteiger charge is -2.33. The van der Waals surface area contributed by atoms with Gasteiger partial charge >= 0.3 is 12.1 Å². The largest absolute Gasteiger partial charge is 0.477 e. The SMILES string of the molecule is Cc1cc(S(=O)(=O)N2CCN[C@@H](NC(=O)OC(C)(C)C)C2)[nH]c1C(=O)O. The minimum atomic E-state index is -3.92. The number of carboxylic acid groups (broad SMARTS) is 1. The van der Waals surface area contributed by atoms with Crippen LogP contribution < -0.4 is 10.6 Å². The third-order valence-corrected chi connectivity index (χ3v) is 5.44. The molecule has 1 aromatic heterocycles. The van der Waals surface area contributed by atoms with E-state index in [0.717, 1.165) is 0 Å². The van der Waals surface area contributed by atoms with Crippen molar-refractivity contribution in [1.29, 1.82) is 0 Å². The van der Waals surface area contributed by atoms with Crippen molar-refractivity contribution in [3.05, 3.63) is 17.3 Å². The number of aromatic carboxylic acids is 1. The second-order valence-electron chi connectivity index (χ2n) is 7.01. The first-order chi connectivity index (χ1) is 11.9. The zero-order valence-corrected chi connectivity index (χ0v) is 15.9. The highest BCUT2D eigenvalue weighted by Crippen LogP contribution is 2.20. The van der Waals surface area contributed by atoms with E-state index >= 15 is 0 Å². The second kappa shape index (κ2) is 7.25. The van der Waals surface area contributed by atoms with Crippen LogP contribution in [0.3, 0.4) is 0 Å². The summed E-state index contributed by atoms with van der Waals surface area (Å²) in [5, 5.41) is 14.5. The summed E-state index contributed by atoms with van der Waals surface area (Å²) in [6.45, 7) is 7.20. The Balaban J connectivity index is 2.11. The Kier molecular flexibility index (Phi) is 5.64. The number of aromatic amines is 1. The van der Waals surface area contributed by atoms with Gasteiger partial charge in [0.25, 0.3) is 10.0 Å². The molecule has 1 aromatic rings. The lowest BCUT2D eigenvalue weighted by molar-refractivity contribution is 0.0477. The second-order valence-corrected chi connectivity index (χ2v) is 8.92. The normalized spacial score (nSPS) is 19.2. The van der Waals surface area contributed by atoms with E-state index in [2.05, 4.69) is 15.6 Å². The molecule has 2 rings (SSSR count). The van der Waals surface area contributed by atoms with E-state index < -0.39 is 33.9 Å². The molecule has 0 aromatic carbocycles. The molecule has 1 saturated heterocycles. The number of hydrogen-bond donors (Lipinski definition) is 4. The number of carbonyl (C=O) groups excluding carboxylic acids is 1. The Bertz CT molecular complexity index is 796. The first-order valence-electron chi connectivity index (χ1n) is 8.06. The highest BCUT2D eigenvalue weighted by atomic mass is 32.2. The van der Waals surface area contributed by atoms with E-state index in [4.69, 9.17) is 9.84 Å². The van der Waals surface area contributed by atoms with Gasteiger partial charge in [0, 0.05) is 19.6 Å². The predicted octanol–water partition coefficient (Wildman–Crippen LogP) is 0.466. The Hall–Kier alpha value is -2.11. The van der Waals surface area contributed by atoms with Crippen molar-refractivity contribution < 1.29 is 27.9 Å². The highest BCUT2D eigenvalue weighted by molar-refractivity contribution is 7.89. The molecule has 0 aliphatic carbocycles. The molecule has 1 atom stereocenters. The molecule has 0 spiro atoms. The molecule has 146 valence electrons. The maximum atomic E-state index is 12.8. The van der Waals surface area contributed by atoms with E-state index in [1.54, 1.807) is 20.8 Å². The summed E-state index contributed by atoms with van der Waals surface area (Å²) in [5.41, 5.74) is -0.503. The molecule has 11 heteroatoms. The summed E-state index contributed by atoms with van der Waals surface area (Å²) in [6.07, 6.45) is -1.28. The molecule has 4 N–H and O–H groups in total. The fourth-order valence-electron chi connectivity index (χ4n) is 2.51. The number of H-pyrrole nitrogens is 1. The van der Waals surface area contributed by atoms with Crippen LogP contribution in [0.4, 0.5) is 4.79 Å². The van der Waals surface area contributed by atoms with Gasteiger partial charge in [0.05, 0.1) is 6.17 Å². The van der Waals surface area contributed by atoms with Gasteiger partial charge in [0.2, 0.25) is 0 Å². The lowest BCUT2D eigenvalue weighted by atomic mass is 10.2. The van der Waals surface area contributed by atoms with Crippen LogP contribution >= 0.6 is 0 Å². The molecule has 26 heavy (non-hydrogen) atoms. The van der Waals surface area contributed by atoms with Crippen molar-refractivity contribution in [2.24, 2.45) is 0 Å². The fourth-order valence-corrected chi connectivity index (χ4v) is 4.03. The number of sulfonamides is 1. The molecule has 1 fully saturated rings. The van der Waals surface area contributed by atoms with Crippen LogP contribution in [0.5, 0.6) is 0 Å². The summed E-state index contributed by atoms with van der Waals surface area (Å²) in [4.78, 5) is 25.4. The molecule has 0 bridgehead atoms. The Morgan fingerprint density at radius 2 is 2.04 bits per heavy atom. The summed E-state index contributed by atoms with van der Waals surface area (Å²) >= 11 is 0.